The molecule has 0 fully saturated rings. The maximum absolute atomic E-state index is 12.3. The summed E-state index contributed by atoms with van der Waals surface area (Å²) in [4.78, 5) is 24.0. The second-order valence-corrected chi connectivity index (χ2v) is 5.13. The average molecular weight is 303 g/mol. The van der Waals surface area contributed by atoms with Crippen LogP contribution in [0, 0.1) is 0 Å². The van der Waals surface area contributed by atoms with Crippen LogP contribution in [0.15, 0.2) is 54.6 Å². The molecule has 0 spiro atoms. The molecule has 2 rings (SSSR count). The predicted octanol–water partition coefficient (Wildman–Crippen LogP) is 3.50. The highest BCUT2D eigenvalue weighted by atomic mass is 35.5. The van der Waals surface area contributed by atoms with E-state index in [1.54, 1.807) is 43.3 Å². The van der Waals surface area contributed by atoms with Gasteiger partial charge in [-0.2, -0.15) is 0 Å². The van der Waals surface area contributed by atoms with Crippen LogP contribution in [0.25, 0.3) is 0 Å². The van der Waals surface area contributed by atoms with Gasteiger partial charge in [0, 0.05) is 5.69 Å². The molecule has 0 heterocycles. The van der Waals surface area contributed by atoms with Crippen LogP contribution in [0.2, 0.25) is 0 Å². The van der Waals surface area contributed by atoms with Crippen LogP contribution < -0.4 is 10.6 Å². The van der Waals surface area contributed by atoms with E-state index in [0.29, 0.717) is 16.9 Å². The minimum atomic E-state index is -0.671. The Labute approximate surface area is 128 Å². The molecule has 0 bridgehead atoms. The molecule has 2 aromatic carbocycles. The van der Waals surface area contributed by atoms with Crippen LogP contribution in [-0.2, 0) is 4.79 Å². The van der Waals surface area contributed by atoms with Gasteiger partial charge in [-0.25, -0.2) is 0 Å². The lowest BCUT2D eigenvalue weighted by Crippen LogP contribution is -2.23. The second kappa shape index (κ2) is 6.90. The first-order valence-corrected chi connectivity index (χ1v) is 6.92. The molecule has 1 unspecified atom stereocenters. The van der Waals surface area contributed by atoms with E-state index < -0.39 is 5.38 Å². The molecule has 0 aliphatic heterocycles. The summed E-state index contributed by atoms with van der Waals surface area (Å²) in [5.41, 5.74) is 1.50. The lowest BCUT2D eigenvalue weighted by molar-refractivity contribution is -0.115. The number of hydrogen-bond acceptors (Lipinski definition) is 2. The predicted molar refractivity (Wildman–Crippen MR) is 84.8 cm³/mol. The lowest BCUT2D eigenvalue weighted by Gasteiger charge is -2.12. The van der Waals surface area contributed by atoms with Gasteiger partial charge in [0.2, 0.25) is 5.91 Å². The van der Waals surface area contributed by atoms with Crippen molar-refractivity contribution in [1.29, 1.82) is 0 Å². The number of rotatable bonds is 4. The molecule has 0 saturated carbocycles. The van der Waals surface area contributed by atoms with Crippen molar-refractivity contribution in [2.75, 3.05) is 10.6 Å². The van der Waals surface area contributed by atoms with Gasteiger partial charge in [-0.1, -0.05) is 30.3 Å². The first-order valence-electron chi connectivity index (χ1n) is 6.48. The highest BCUT2D eigenvalue weighted by molar-refractivity contribution is 6.32. The Bertz CT molecular complexity index is 642. The van der Waals surface area contributed by atoms with E-state index in [4.69, 9.17) is 11.6 Å². The summed E-state index contributed by atoms with van der Waals surface area (Å²) in [5.74, 6) is -0.643. The van der Waals surface area contributed by atoms with Gasteiger partial charge in [0.1, 0.15) is 5.38 Å². The third-order valence-corrected chi connectivity index (χ3v) is 3.02. The Morgan fingerprint density at radius 3 is 2.24 bits per heavy atom. The third kappa shape index (κ3) is 4.07. The fourth-order valence-corrected chi connectivity index (χ4v) is 1.80. The number of amides is 2. The third-order valence-electron chi connectivity index (χ3n) is 2.82. The summed E-state index contributed by atoms with van der Waals surface area (Å²) in [6.45, 7) is 1.57. The molecule has 0 radical (unpaired) electrons. The Balaban J connectivity index is 2.19. The molecule has 0 aliphatic rings. The Morgan fingerprint density at radius 1 is 0.952 bits per heavy atom. The zero-order valence-electron chi connectivity index (χ0n) is 11.5. The number of halogens is 1. The molecule has 21 heavy (non-hydrogen) atoms. The maximum Gasteiger partial charge on any atom is 0.257 e. The number of carbonyl (C=O) groups is 2. The molecular formula is C16H15ClN2O2. The molecular weight excluding hydrogens is 288 g/mol. The molecule has 5 heteroatoms. The standard InChI is InChI=1S/C16H15ClN2O2/c1-11(17)15(20)19-14-10-6-5-9-13(14)16(21)18-12-7-3-2-4-8-12/h2-11H,1H3,(H,18,21)(H,19,20). The number of carbonyl (C=O) groups excluding carboxylic acids is 2. The quantitative estimate of drug-likeness (QED) is 0.849. The molecule has 0 saturated heterocycles. The normalized spacial score (nSPS) is 11.5. The number of benzene rings is 2. The highest BCUT2D eigenvalue weighted by Gasteiger charge is 2.15. The SMILES string of the molecule is CC(Cl)C(=O)Nc1ccccc1C(=O)Nc1ccccc1. The molecule has 2 aromatic rings. The van der Waals surface area contributed by atoms with Gasteiger partial charge in [0.05, 0.1) is 11.3 Å². The largest absolute Gasteiger partial charge is 0.324 e. The van der Waals surface area contributed by atoms with Crippen molar-refractivity contribution in [3.05, 3.63) is 60.2 Å². The highest BCUT2D eigenvalue weighted by Crippen LogP contribution is 2.18. The van der Waals surface area contributed by atoms with Gasteiger partial charge in [-0.15, -0.1) is 11.6 Å². The van der Waals surface area contributed by atoms with E-state index in [-0.39, 0.29) is 11.8 Å². The van der Waals surface area contributed by atoms with Crippen molar-refractivity contribution in [3.63, 3.8) is 0 Å². The van der Waals surface area contributed by atoms with Crippen molar-refractivity contribution >= 4 is 34.8 Å². The van der Waals surface area contributed by atoms with E-state index >= 15 is 0 Å². The van der Waals surface area contributed by atoms with E-state index in [2.05, 4.69) is 10.6 Å². The first-order chi connectivity index (χ1) is 10.1. The fourth-order valence-electron chi connectivity index (χ4n) is 1.74. The van der Waals surface area contributed by atoms with Crippen LogP contribution >= 0.6 is 11.6 Å². The van der Waals surface area contributed by atoms with Crippen LogP contribution in [0.4, 0.5) is 11.4 Å². The summed E-state index contributed by atoms with van der Waals surface area (Å²) in [6.07, 6.45) is 0. The monoisotopic (exact) mass is 302 g/mol. The minimum Gasteiger partial charge on any atom is -0.324 e. The molecule has 1 atom stereocenters. The van der Waals surface area contributed by atoms with Gasteiger partial charge < -0.3 is 10.6 Å². The number of alkyl halides is 1. The smallest absolute Gasteiger partial charge is 0.257 e. The second-order valence-electron chi connectivity index (χ2n) is 4.47. The number of nitrogens with one attached hydrogen (secondary N) is 2. The van der Waals surface area contributed by atoms with Gasteiger partial charge in [0.15, 0.2) is 0 Å². The van der Waals surface area contributed by atoms with Crippen LogP contribution in [0.1, 0.15) is 17.3 Å². The summed E-state index contributed by atoms with van der Waals surface area (Å²) >= 11 is 5.73. The summed E-state index contributed by atoms with van der Waals surface area (Å²) in [6, 6.07) is 15.9. The number of anilines is 2. The lowest BCUT2D eigenvalue weighted by atomic mass is 10.1. The Hall–Kier alpha value is -2.33. The zero-order valence-corrected chi connectivity index (χ0v) is 12.2. The number of hydrogen-bond donors (Lipinski definition) is 2. The molecule has 0 aromatic heterocycles. The van der Waals surface area contributed by atoms with Crippen LogP contribution in [-0.4, -0.2) is 17.2 Å². The molecule has 4 nitrogen and oxygen atoms in total. The molecule has 2 N–H and O–H groups in total. The van der Waals surface area contributed by atoms with Crippen molar-refractivity contribution < 1.29 is 9.59 Å². The fraction of sp³-hybridized carbons (Fsp3) is 0.125. The number of para-hydroxylation sites is 2. The topological polar surface area (TPSA) is 58.2 Å². The Morgan fingerprint density at radius 2 is 1.57 bits per heavy atom. The summed E-state index contributed by atoms with van der Waals surface area (Å²) in [7, 11) is 0. The van der Waals surface area contributed by atoms with Gasteiger partial charge in [-0.3, -0.25) is 9.59 Å². The van der Waals surface area contributed by atoms with Crippen LogP contribution in [0.5, 0.6) is 0 Å². The van der Waals surface area contributed by atoms with E-state index in [1.165, 1.54) is 0 Å². The van der Waals surface area contributed by atoms with Gasteiger partial charge in [0.25, 0.3) is 5.91 Å². The summed E-state index contributed by atoms with van der Waals surface area (Å²) in [5, 5.41) is 4.75. The maximum atomic E-state index is 12.3. The summed E-state index contributed by atoms with van der Waals surface area (Å²) < 4.78 is 0. The van der Waals surface area contributed by atoms with Crippen molar-refractivity contribution in [1.82, 2.24) is 0 Å². The van der Waals surface area contributed by atoms with Crippen molar-refractivity contribution in [2.45, 2.75) is 12.3 Å². The zero-order chi connectivity index (χ0) is 15.2. The van der Waals surface area contributed by atoms with Gasteiger partial charge >= 0.3 is 0 Å². The minimum absolute atomic E-state index is 0.292. The van der Waals surface area contributed by atoms with Gasteiger partial charge in [-0.05, 0) is 31.2 Å². The van der Waals surface area contributed by atoms with E-state index in [0.717, 1.165) is 0 Å². The first kappa shape index (κ1) is 15.1. The average Bonchev–Trinajstić information content (AvgIpc) is 2.48. The van der Waals surface area contributed by atoms with Crippen molar-refractivity contribution in [3.8, 4) is 0 Å². The molecule has 2 amide bonds. The van der Waals surface area contributed by atoms with E-state index in [1.807, 2.05) is 18.2 Å². The molecule has 108 valence electrons. The molecule has 0 aliphatic carbocycles. The van der Waals surface area contributed by atoms with Crippen LogP contribution in [0.3, 0.4) is 0 Å². The van der Waals surface area contributed by atoms with Crippen molar-refractivity contribution in [2.24, 2.45) is 0 Å². The Kier molecular flexibility index (Phi) is 4.95. The van der Waals surface area contributed by atoms with E-state index in [9.17, 15) is 9.59 Å².